The maximum Gasteiger partial charge on any atom is 0.335 e. The Morgan fingerprint density at radius 1 is 1.56 bits per heavy atom. The van der Waals surface area contributed by atoms with E-state index in [0.29, 0.717) is 12.2 Å². The summed E-state index contributed by atoms with van der Waals surface area (Å²) in [5.74, 6) is -1.69. The number of carboxylic acids is 1. The van der Waals surface area contributed by atoms with Crippen LogP contribution >= 0.6 is 0 Å². The standard InChI is InChI=1S/C12H13FO3/c1-2-3-6-16-8-10-5-4-9(12(14)15)7-11(10)13/h2-5,7H,6,8H2,1H3,(H,14,15). The second kappa shape index (κ2) is 6.02. The molecule has 1 aromatic rings. The summed E-state index contributed by atoms with van der Waals surface area (Å²) in [6.45, 7) is 2.41. The predicted molar refractivity (Wildman–Crippen MR) is 57.8 cm³/mol. The van der Waals surface area contributed by atoms with Gasteiger partial charge in [0.2, 0.25) is 0 Å². The van der Waals surface area contributed by atoms with Crippen LogP contribution in [0, 0.1) is 5.82 Å². The summed E-state index contributed by atoms with van der Waals surface area (Å²) in [6.07, 6.45) is 3.65. The number of benzene rings is 1. The van der Waals surface area contributed by atoms with Crippen molar-refractivity contribution in [3.63, 3.8) is 0 Å². The van der Waals surface area contributed by atoms with E-state index in [4.69, 9.17) is 9.84 Å². The van der Waals surface area contributed by atoms with E-state index in [-0.39, 0.29) is 12.2 Å². The number of aromatic carboxylic acids is 1. The SMILES string of the molecule is CC=CCOCc1ccc(C(=O)O)cc1F. The smallest absolute Gasteiger partial charge is 0.335 e. The fourth-order valence-corrected chi connectivity index (χ4v) is 1.13. The summed E-state index contributed by atoms with van der Waals surface area (Å²) < 4.78 is 18.5. The van der Waals surface area contributed by atoms with Crippen LogP contribution in [0.4, 0.5) is 4.39 Å². The monoisotopic (exact) mass is 224 g/mol. The van der Waals surface area contributed by atoms with Crippen molar-refractivity contribution in [3.8, 4) is 0 Å². The first-order valence-corrected chi connectivity index (χ1v) is 4.85. The molecule has 0 aliphatic heterocycles. The van der Waals surface area contributed by atoms with Crippen LogP contribution in [0.1, 0.15) is 22.8 Å². The van der Waals surface area contributed by atoms with Crippen LogP contribution in [-0.4, -0.2) is 17.7 Å². The Morgan fingerprint density at radius 2 is 2.31 bits per heavy atom. The topological polar surface area (TPSA) is 46.5 Å². The van der Waals surface area contributed by atoms with Crippen LogP contribution in [0.25, 0.3) is 0 Å². The van der Waals surface area contributed by atoms with Gasteiger partial charge in [0.15, 0.2) is 0 Å². The van der Waals surface area contributed by atoms with Gasteiger partial charge < -0.3 is 9.84 Å². The second-order valence-electron chi connectivity index (χ2n) is 3.20. The summed E-state index contributed by atoms with van der Waals surface area (Å²) in [4.78, 5) is 10.6. The highest BCUT2D eigenvalue weighted by Gasteiger charge is 2.07. The van der Waals surface area contributed by atoms with Gasteiger partial charge in [-0.05, 0) is 19.1 Å². The lowest BCUT2D eigenvalue weighted by Crippen LogP contribution is -2.01. The molecule has 16 heavy (non-hydrogen) atoms. The van der Waals surface area contributed by atoms with Crippen molar-refractivity contribution in [2.75, 3.05) is 6.61 Å². The molecule has 0 amide bonds. The minimum Gasteiger partial charge on any atom is -0.478 e. The predicted octanol–water partition coefficient (Wildman–Crippen LogP) is 2.62. The Balaban J connectivity index is 2.64. The van der Waals surface area contributed by atoms with E-state index in [9.17, 15) is 9.18 Å². The van der Waals surface area contributed by atoms with Crippen molar-refractivity contribution in [1.29, 1.82) is 0 Å². The van der Waals surface area contributed by atoms with Crippen molar-refractivity contribution in [2.45, 2.75) is 13.5 Å². The Morgan fingerprint density at radius 3 is 2.88 bits per heavy atom. The van der Waals surface area contributed by atoms with Gasteiger partial charge in [0.05, 0.1) is 18.8 Å². The minimum atomic E-state index is -1.14. The lowest BCUT2D eigenvalue weighted by molar-refractivity contribution is 0.0696. The van der Waals surface area contributed by atoms with Gasteiger partial charge in [-0.25, -0.2) is 9.18 Å². The fourth-order valence-electron chi connectivity index (χ4n) is 1.13. The van der Waals surface area contributed by atoms with Crippen LogP contribution in [0.15, 0.2) is 30.4 Å². The first-order valence-electron chi connectivity index (χ1n) is 4.85. The first kappa shape index (κ1) is 12.4. The summed E-state index contributed by atoms with van der Waals surface area (Å²) >= 11 is 0. The van der Waals surface area contributed by atoms with Gasteiger partial charge in [-0.3, -0.25) is 0 Å². The Kier molecular flexibility index (Phi) is 4.66. The molecule has 0 saturated heterocycles. The molecule has 0 aromatic heterocycles. The molecular weight excluding hydrogens is 211 g/mol. The number of halogens is 1. The number of ether oxygens (including phenoxy) is 1. The normalized spacial score (nSPS) is 10.9. The Bertz CT molecular complexity index is 399. The molecule has 1 aromatic carbocycles. The Labute approximate surface area is 93.2 Å². The summed E-state index contributed by atoms with van der Waals surface area (Å²) in [6, 6.07) is 3.78. The third-order valence-electron chi connectivity index (χ3n) is 2.01. The number of carboxylic acid groups (broad SMARTS) is 1. The molecule has 1 N–H and O–H groups in total. The zero-order valence-corrected chi connectivity index (χ0v) is 8.94. The zero-order chi connectivity index (χ0) is 12.0. The maximum absolute atomic E-state index is 13.4. The number of allylic oxidation sites excluding steroid dienone is 1. The highest BCUT2D eigenvalue weighted by atomic mass is 19.1. The molecule has 0 aliphatic carbocycles. The van der Waals surface area contributed by atoms with Gasteiger partial charge in [0.25, 0.3) is 0 Å². The molecule has 4 heteroatoms. The summed E-state index contributed by atoms with van der Waals surface area (Å²) in [7, 11) is 0. The van der Waals surface area contributed by atoms with Crippen molar-refractivity contribution in [1.82, 2.24) is 0 Å². The van der Waals surface area contributed by atoms with Gasteiger partial charge in [-0.2, -0.15) is 0 Å². The minimum absolute atomic E-state index is 0.0605. The molecule has 86 valence electrons. The fraction of sp³-hybridized carbons (Fsp3) is 0.250. The lowest BCUT2D eigenvalue weighted by atomic mass is 10.1. The Hall–Kier alpha value is -1.68. The number of hydrogen-bond donors (Lipinski definition) is 1. The third kappa shape index (κ3) is 3.47. The molecule has 0 fully saturated rings. The maximum atomic E-state index is 13.4. The van der Waals surface area contributed by atoms with E-state index in [2.05, 4.69) is 0 Å². The molecule has 0 spiro atoms. The van der Waals surface area contributed by atoms with Crippen LogP contribution in [0.5, 0.6) is 0 Å². The molecule has 3 nitrogen and oxygen atoms in total. The van der Waals surface area contributed by atoms with E-state index in [1.165, 1.54) is 12.1 Å². The molecule has 0 atom stereocenters. The average molecular weight is 224 g/mol. The number of carbonyl (C=O) groups is 1. The van der Waals surface area contributed by atoms with Crippen molar-refractivity contribution < 1.29 is 19.0 Å². The van der Waals surface area contributed by atoms with E-state index < -0.39 is 11.8 Å². The van der Waals surface area contributed by atoms with Crippen LogP contribution < -0.4 is 0 Å². The van der Waals surface area contributed by atoms with Gasteiger partial charge in [-0.15, -0.1) is 0 Å². The van der Waals surface area contributed by atoms with Gasteiger partial charge in [0.1, 0.15) is 5.82 Å². The molecule has 0 unspecified atom stereocenters. The van der Waals surface area contributed by atoms with Crippen molar-refractivity contribution in [2.24, 2.45) is 0 Å². The van der Waals surface area contributed by atoms with E-state index in [1.807, 2.05) is 19.1 Å². The molecule has 0 heterocycles. The van der Waals surface area contributed by atoms with E-state index in [1.54, 1.807) is 0 Å². The second-order valence-corrected chi connectivity index (χ2v) is 3.20. The van der Waals surface area contributed by atoms with Gasteiger partial charge in [0, 0.05) is 5.56 Å². The molecule has 0 radical (unpaired) electrons. The van der Waals surface area contributed by atoms with Crippen LogP contribution in [0.2, 0.25) is 0 Å². The average Bonchev–Trinajstić information content (AvgIpc) is 2.26. The molecular formula is C12H13FO3. The molecule has 0 saturated carbocycles. The molecule has 0 bridgehead atoms. The van der Waals surface area contributed by atoms with E-state index in [0.717, 1.165) is 6.07 Å². The quantitative estimate of drug-likeness (QED) is 0.617. The summed E-state index contributed by atoms with van der Waals surface area (Å²) in [5.41, 5.74) is 0.296. The van der Waals surface area contributed by atoms with Crippen molar-refractivity contribution in [3.05, 3.63) is 47.3 Å². The van der Waals surface area contributed by atoms with Crippen LogP contribution in [-0.2, 0) is 11.3 Å². The number of rotatable bonds is 5. The zero-order valence-electron chi connectivity index (χ0n) is 8.94. The first-order chi connectivity index (χ1) is 7.65. The lowest BCUT2D eigenvalue weighted by Gasteiger charge is -2.04. The molecule has 1 rings (SSSR count). The van der Waals surface area contributed by atoms with E-state index >= 15 is 0 Å². The van der Waals surface area contributed by atoms with Crippen molar-refractivity contribution >= 4 is 5.97 Å². The third-order valence-corrected chi connectivity index (χ3v) is 2.01. The van der Waals surface area contributed by atoms with Gasteiger partial charge in [-0.1, -0.05) is 18.2 Å². The highest BCUT2D eigenvalue weighted by molar-refractivity contribution is 5.87. The molecule has 0 aliphatic rings. The highest BCUT2D eigenvalue weighted by Crippen LogP contribution is 2.11. The summed E-state index contributed by atoms with van der Waals surface area (Å²) in [5, 5.41) is 8.64. The van der Waals surface area contributed by atoms with Crippen LogP contribution in [0.3, 0.4) is 0 Å². The largest absolute Gasteiger partial charge is 0.478 e. The number of hydrogen-bond acceptors (Lipinski definition) is 2. The van der Waals surface area contributed by atoms with Gasteiger partial charge >= 0.3 is 5.97 Å².